The lowest BCUT2D eigenvalue weighted by Crippen LogP contribution is -2.44. The molecule has 4 atom stereocenters. The largest absolute Gasteiger partial charge is 0.490 e. The van der Waals surface area contributed by atoms with E-state index in [2.05, 4.69) is 0 Å². The van der Waals surface area contributed by atoms with E-state index in [0.717, 1.165) is 0 Å². The Morgan fingerprint density at radius 1 is 1.30 bits per heavy atom. The van der Waals surface area contributed by atoms with Crippen molar-refractivity contribution >= 4 is 16.8 Å². The molecule has 144 valence electrons. The fraction of sp³-hybridized carbons (Fsp3) is 0.500. The molecule has 2 aliphatic rings. The first kappa shape index (κ1) is 18.0. The maximum Gasteiger partial charge on any atom is 0.336 e. The van der Waals surface area contributed by atoms with E-state index >= 15 is 0 Å². The van der Waals surface area contributed by atoms with E-state index in [0.29, 0.717) is 10.9 Å². The van der Waals surface area contributed by atoms with E-state index < -0.39 is 34.8 Å². The van der Waals surface area contributed by atoms with Crippen LogP contribution in [-0.2, 0) is 0 Å². The number of benzene rings is 1. The number of fused-ring (bicyclic) bond motifs is 2. The fourth-order valence-electron chi connectivity index (χ4n) is 4.44. The highest BCUT2D eigenvalue weighted by atomic mass is 16.5. The number of hydrogen-bond acceptors (Lipinski definition) is 7. The Morgan fingerprint density at radius 2 is 2.00 bits per heavy atom. The lowest BCUT2D eigenvalue weighted by atomic mass is 9.85. The van der Waals surface area contributed by atoms with Crippen molar-refractivity contribution in [3.63, 3.8) is 0 Å². The molecule has 7 heteroatoms. The molecule has 0 unspecified atom stereocenters. The van der Waals surface area contributed by atoms with Gasteiger partial charge in [-0.15, -0.1) is 0 Å². The molecular formula is C20H22O7. The summed E-state index contributed by atoms with van der Waals surface area (Å²) in [5, 5.41) is 21.7. The van der Waals surface area contributed by atoms with Crippen molar-refractivity contribution in [2.45, 2.75) is 44.5 Å². The van der Waals surface area contributed by atoms with Gasteiger partial charge in [0.2, 0.25) is 11.5 Å². The fourth-order valence-corrected chi connectivity index (χ4v) is 4.44. The van der Waals surface area contributed by atoms with Gasteiger partial charge in [0.05, 0.1) is 24.4 Å². The van der Waals surface area contributed by atoms with E-state index in [9.17, 15) is 19.8 Å². The standard InChI is InChI=1S/C20H22O7/c1-9-14(22)12(19(2,3)24)8-20(9)18(23)11-7-10-5-6-13(21)26-15(10)17(25-4)16(11)27-20/h5-7,9,12,14,22,24H,8H2,1-4H3/t9-,12-,14-,20+/m0/s1. The molecule has 4 rings (SSSR count). The monoisotopic (exact) mass is 374 g/mol. The Kier molecular flexibility index (Phi) is 3.71. The van der Waals surface area contributed by atoms with Gasteiger partial charge < -0.3 is 24.1 Å². The number of hydrogen-bond donors (Lipinski definition) is 2. The third kappa shape index (κ3) is 2.34. The number of rotatable bonds is 2. The summed E-state index contributed by atoms with van der Waals surface area (Å²) in [5.74, 6) is -0.932. The summed E-state index contributed by atoms with van der Waals surface area (Å²) in [7, 11) is 1.41. The molecule has 1 fully saturated rings. The van der Waals surface area contributed by atoms with E-state index in [1.165, 1.54) is 13.2 Å². The number of ether oxygens (including phenoxy) is 2. The zero-order valence-electron chi connectivity index (χ0n) is 15.6. The van der Waals surface area contributed by atoms with Gasteiger partial charge in [-0.05, 0) is 26.0 Å². The van der Waals surface area contributed by atoms with Gasteiger partial charge in [-0.1, -0.05) is 6.92 Å². The minimum atomic E-state index is -1.29. The van der Waals surface area contributed by atoms with Gasteiger partial charge in [-0.25, -0.2) is 4.79 Å². The van der Waals surface area contributed by atoms with Gasteiger partial charge in [0.25, 0.3) is 0 Å². The lowest BCUT2D eigenvalue weighted by molar-refractivity contribution is -0.0407. The van der Waals surface area contributed by atoms with Crippen LogP contribution in [0.15, 0.2) is 27.4 Å². The Morgan fingerprint density at radius 3 is 2.59 bits per heavy atom. The minimum Gasteiger partial charge on any atom is -0.490 e. The summed E-state index contributed by atoms with van der Waals surface area (Å²) in [4.78, 5) is 25.0. The summed E-state index contributed by atoms with van der Waals surface area (Å²) in [6.07, 6.45) is -0.725. The SMILES string of the molecule is COc1c2c(cc3ccc(=O)oc13)C(=O)[C@]1(C[C@H](C(C)(C)O)[C@@H](O)[C@@H]1C)O2. The van der Waals surface area contributed by atoms with Crippen molar-refractivity contribution < 1.29 is 28.9 Å². The van der Waals surface area contributed by atoms with Gasteiger partial charge in [-0.3, -0.25) is 4.79 Å². The third-order valence-electron chi connectivity index (χ3n) is 6.03. The molecule has 0 saturated heterocycles. The molecule has 2 aromatic rings. The molecule has 1 aliphatic heterocycles. The van der Waals surface area contributed by atoms with Crippen molar-refractivity contribution in [1.82, 2.24) is 0 Å². The van der Waals surface area contributed by atoms with E-state index in [1.807, 2.05) is 0 Å². The minimum absolute atomic E-state index is 0.176. The van der Waals surface area contributed by atoms with Crippen molar-refractivity contribution in [2.24, 2.45) is 11.8 Å². The van der Waals surface area contributed by atoms with Crippen molar-refractivity contribution in [3.8, 4) is 11.5 Å². The zero-order chi connectivity index (χ0) is 19.7. The van der Waals surface area contributed by atoms with Crippen molar-refractivity contribution in [3.05, 3.63) is 34.2 Å². The molecule has 1 spiro atoms. The quantitative estimate of drug-likeness (QED) is 0.773. The summed E-state index contributed by atoms with van der Waals surface area (Å²) < 4.78 is 16.8. The normalized spacial score (nSPS) is 30.0. The predicted octanol–water partition coefficient (Wildman–Crippen LogP) is 1.90. The molecule has 1 aromatic carbocycles. The van der Waals surface area contributed by atoms with Crippen LogP contribution in [0.25, 0.3) is 11.0 Å². The molecule has 1 aliphatic carbocycles. The van der Waals surface area contributed by atoms with Crippen LogP contribution in [-0.4, -0.2) is 40.4 Å². The van der Waals surface area contributed by atoms with Crippen LogP contribution in [0.3, 0.4) is 0 Å². The van der Waals surface area contributed by atoms with Crippen LogP contribution in [0.2, 0.25) is 0 Å². The smallest absolute Gasteiger partial charge is 0.336 e. The summed E-state index contributed by atoms with van der Waals surface area (Å²) in [6.45, 7) is 4.97. The summed E-state index contributed by atoms with van der Waals surface area (Å²) in [6, 6.07) is 4.45. The summed E-state index contributed by atoms with van der Waals surface area (Å²) >= 11 is 0. The predicted molar refractivity (Wildman–Crippen MR) is 96.3 cm³/mol. The number of aliphatic hydroxyl groups is 2. The van der Waals surface area contributed by atoms with Crippen LogP contribution < -0.4 is 15.1 Å². The van der Waals surface area contributed by atoms with Crippen molar-refractivity contribution in [1.29, 1.82) is 0 Å². The second-order valence-electron chi connectivity index (χ2n) is 8.02. The molecule has 1 aromatic heterocycles. The highest BCUT2D eigenvalue weighted by molar-refractivity contribution is 6.12. The highest BCUT2D eigenvalue weighted by Gasteiger charge is 2.63. The Balaban J connectivity index is 1.90. The molecular weight excluding hydrogens is 352 g/mol. The Hall–Kier alpha value is -2.38. The average Bonchev–Trinajstić information content (AvgIpc) is 3.02. The van der Waals surface area contributed by atoms with Gasteiger partial charge in [-0.2, -0.15) is 0 Å². The Bertz CT molecular complexity index is 1000. The molecule has 0 radical (unpaired) electrons. The number of ketones is 1. The third-order valence-corrected chi connectivity index (χ3v) is 6.03. The van der Waals surface area contributed by atoms with E-state index in [1.54, 1.807) is 32.9 Å². The molecule has 27 heavy (non-hydrogen) atoms. The molecule has 0 bridgehead atoms. The number of methoxy groups -OCH3 is 1. The maximum atomic E-state index is 13.4. The Labute approximate surface area is 155 Å². The van der Waals surface area contributed by atoms with Crippen LogP contribution in [0.4, 0.5) is 0 Å². The number of Topliss-reactive ketones (excluding diaryl/α,β-unsaturated/α-hetero) is 1. The molecule has 2 N–H and O–H groups in total. The van der Waals surface area contributed by atoms with E-state index in [-0.39, 0.29) is 29.3 Å². The van der Waals surface area contributed by atoms with Crippen LogP contribution >= 0.6 is 0 Å². The van der Waals surface area contributed by atoms with Crippen LogP contribution in [0.5, 0.6) is 11.5 Å². The topological polar surface area (TPSA) is 106 Å². The van der Waals surface area contributed by atoms with Crippen LogP contribution in [0.1, 0.15) is 37.6 Å². The second-order valence-corrected chi connectivity index (χ2v) is 8.02. The highest BCUT2D eigenvalue weighted by Crippen LogP contribution is 2.55. The second kappa shape index (κ2) is 5.56. The van der Waals surface area contributed by atoms with Crippen molar-refractivity contribution in [2.75, 3.05) is 7.11 Å². The zero-order valence-corrected chi connectivity index (χ0v) is 15.6. The van der Waals surface area contributed by atoms with E-state index in [4.69, 9.17) is 13.9 Å². The van der Waals surface area contributed by atoms with Gasteiger partial charge >= 0.3 is 5.63 Å². The molecule has 0 amide bonds. The summed E-state index contributed by atoms with van der Waals surface area (Å²) in [5.41, 5.74) is -2.47. The first-order chi connectivity index (χ1) is 12.6. The first-order valence-electron chi connectivity index (χ1n) is 8.89. The van der Waals surface area contributed by atoms with Gasteiger partial charge in [0, 0.05) is 29.7 Å². The average molecular weight is 374 g/mol. The molecule has 7 nitrogen and oxygen atoms in total. The van der Waals surface area contributed by atoms with Gasteiger partial charge in [0.15, 0.2) is 16.9 Å². The lowest BCUT2D eigenvalue weighted by Gasteiger charge is -2.28. The van der Waals surface area contributed by atoms with Gasteiger partial charge in [0.1, 0.15) is 0 Å². The van der Waals surface area contributed by atoms with Crippen LogP contribution in [0, 0.1) is 11.8 Å². The maximum absolute atomic E-state index is 13.4. The molecule has 1 saturated carbocycles. The number of carbonyl (C=O) groups is 1. The molecule has 2 heterocycles. The number of aliphatic hydroxyl groups excluding tert-OH is 1. The first-order valence-corrected chi connectivity index (χ1v) is 8.89. The number of carbonyl (C=O) groups excluding carboxylic acids is 1.